The Balaban J connectivity index is 2.11. The zero-order valence-corrected chi connectivity index (χ0v) is 9.41. The maximum absolute atomic E-state index is 11.6. The fourth-order valence-electron chi connectivity index (χ4n) is 1.31. The molecule has 0 aliphatic heterocycles. The summed E-state index contributed by atoms with van der Waals surface area (Å²) < 4.78 is 0. The van der Waals surface area contributed by atoms with Gasteiger partial charge in [-0.1, -0.05) is 18.2 Å². The van der Waals surface area contributed by atoms with Gasteiger partial charge in [-0.05, 0) is 12.1 Å². The number of aromatic nitrogens is 3. The Kier molecular flexibility index (Phi) is 3.33. The first-order chi connectivity index (χ1) is 8.66. The van der Waals surface area contributed by atoms with Gasteiger partial charge in [-0.3, -0.25) is 9.59 Å². The van der Waals surface area contributed by atoms with Crippen LogP contribution in [0.3, 0.4) is 0 Å². The second-order valence-electron chi connectivity index (χ2n) is 3.50. The number of hydrogen-bond donors (Lipinski definition) is 2. The molecule has 1 aromatic carbocycles. The Hall–Kier alpha value is -2.70. The predicted molar refractivity (Wildman–Crippen MR) is 62.9 cm³/mol. The Morgan fingerprint density at radius 2 is 2.00 bits per heavy atom. The summed E-state index contributed by atoms with van der Waals surface area (Å²) >= 11 is 0. The molecule has 3 N–H and O–H groups in total. The zero-order valence-electron chi connectivity index (χ0n) is 9.41. The number of para-hydroxylation sites is 1. The Bertz CT molecular complexity index is 564. The molecule has 1 aromatic heterocycles. The van der Waals surface area contributed by atoms with Crippen molar-refractivity contribution in [3.63, 3.8) is 0 Å². The molecule has 2 aromatic rings. The number of nitrogens with two attached hydrogens (primary N) is 1. The third-order valence-electron chi connectivity index (χ3n) is 2.13. The van der Waals surface area contributed by atoms with Gasteiger partial charge in [-0.15, -0.1) is 5.10 Å². The smallest absolute Gasteiger partial charge is 0.273 e. The topological polar surface area (TPSA) is 103 Å². The van der Waals surface area contributed by atoms with Gasteiger partial charge >= 0.3 is 0 Å². The summed E-state index contributed by atoms with van der Waals surface area (Å²) in [5.74, 6) is -1.10. The van der Waals surface area contributed by atoms with Gasteiger partial charge in [0.1, 0.15) is 0 Å². The zero-order chi connectivity index (χ0) is 13.0. The lowest BCUT2D eigenvalue weighted by atomic mass is 10.3. The lowest BCUT2D eigenvalue weighted by Crippen LogP contribution is -2.33. The van der Waals surface area contributed by atoms with E-state index in [1.807, 2.05) is 30.3 Å². The number of amides is 2. The summed E-state index contributed by atoms with van der Waals surface area (Å²) in [4.78, 5) is 23.4. The Morgan fingerprint density at radius 3 is 2.67 bits per heavy atom. The number of nitrogens with zero attached hydrogens (tertiary/aromatic N) is 3. The maximum Gasteiger partial charge on any atom is 0.273 e. The number of rotatable bonds is 4. The predicted octanol–water partition coefficient (Wildman–Crippen LogP) is -0.518. The molecule has 18 heavy (non-hydrogen) atoms. The van der Waals surface area contributed by atoms with Crippen molar-refractivity contribution >= 4 is 11.8 Å². The van der Waals surface area contributed by atoms with Crippen LogP contribution in [0.15, 0.2) is 36.5 Å². The molecule has 0 fully saturated rings. The number of nitrogens with one attached hydrogen (secondary N) is 1. The first kappa shape index (κ1) is 11.8. The number of primary amides is 1. The van der Waals surface area contributed by atoms with Crippen molar-refractivity contribution in [3.05, 3.63) is 42.2 Å². The van der Waals surface area contributed by atoms with Crippen molar-refractivity contribution < 1.29 is 9.59 Å². The van der Waals surface area contributed by atoms with E-state index < -0.39 is 11.8 Å². The molecule has 0 aliphatic carbocycles. The van der Waals surface area contributed by atoms with E-state index in [1.54, 1.807) is 0 Å². The van der Waals surface area contributed by atoms with Gasteiger partial charge in [0, 0.05) is 0 Å². The van der Waals surface area contributed by atoms with Gasteiger partial charge in [0.2, 0.25) is 5.91 Å². The van der Waals surface area contributed by atoms with Crippen LogP contribution in [-0.4, -0.2) is 33.4 Å². The number of hydrogen-bond acceptors (Lipinski definition) is 4. The minimum atomic E-state index is -0.612. The normalized spacial score (nSPS) is 10.0. The first-order valence-corrected chi connectivity index (χ1v) is 5.21. The average Bonchev–Trinajstić information content (AvgIpc) is 2.86. The molecule has 7 heteroatoms. The molecule has 0 radical (unpaired) electrons. The van der Waals surface area contributed by atoms with Gasteiger partial charge < -0.3 is 11.1 Å². The molecule has 7 nitrogen and oxygen atoms in total. The molecular weight excluding hydrogens is 234 g/mol. The van der Waals surface area contributed by atoms with E-state index in [9.17, 15) is 9.59 Å². The van der Waals surface area contributed by atoms with Crippen molar-refractivity contribution in [2.24, 2.45) is 5.73 Å². The third-order valence-corrected chi connectivity index (χ3v) is 2.13. The summed E-state index contributed by atoms with van der Waals surface area (Å²) in [7, 11) is 0. The minimum Gasteiger partial charge on any atom is -0.368 e. The van der Waals surface area contributed by atoms with Gasteiger partial charge in [0.25, 0.3) is 5.91 Å². The number of carbonyl (C=O) groups excluding carboxylic acids is 2. The van der Waals surface area contributed by atoms with Crippen molar-refractivity contribution in [1.82, 2.24) is 20.3 Å². The first-order valence-electron chi connectivity index (χ1n) is 5.21. The van der Waals surface area contributed by atoms with Crippen LogP contribution in [0.25, 0.3) is 5.69 Å². The van der Waals surface area contributed by atoms with Crippen molar-refractivity contribution in [3.8, 4) is 5.69 Å². The second-order valence-corrected chi connectivity index (χ2v) is 3.50. The highest BCUT2D eigenvalue weighted by molar-refractivity contribution is 5.94. The lowest BCUT2D eigenvalue weighted by molar-refractivity contribution is -0.117. The third kappa shape index (κ3) is 2.70. The van der Waals surface area contributed by atoms with Crippen LogP contribution in [0.4, 0.5) is 0 Å². The minimum absolute atomic E-state index is 0.125. The summed E-state index contributed by atoms with van der Waals surface area (Å²) in [5.41, 5.74) is 5.79. The monoisotopic (exact) mass is 245 g/mol. The van der Waals surface area contributed by atoms with Crippen LogP contribution < -0.4 is 11.1 Å². The van der Waals surface area contributed by atoms with E-state index in [2.05, 4.69) is 15.5 Å². The van der Waals surface area contributed by atoms with E-state index in [1.165, 1.54) is 11.0 Å². The number of carbonyl (C=O) groups is 2. The molecule has 2 amide bonds. The molecule has 92 valence electrons. The lowest BCUT2D eigenvalue weighted by Gasteiger charge is -1.99. The van der Waals surface area contributed by atoms with Gasteiger partial charge in [0.05, 0.1) is 18.4 Å². The SMILES string of the molecule is NC(=O)CNC(=O)c1cnn(-c2ccccc2)n1. The highest BCUT2D eigenvalue weighted by Gasteiger charge is 2.11. The van der Waals surface area contributed by atoms with Crippen LogP contribution in [0, 0.1) is 0 Å². The van der Waals surface area contributed by atoms with Crippen molar-refractivity contribution in [2.75, 3.05) is 6.54 Å². The van der Waals surface area contributed by atoms with Gasteiger partial charge in [-0.25, -0.2) is 0 Å². The molecule has 0 bridgehead atoms. The number of benzene rings is 1. The molecule has 1 heterocycles. The molecule has 0 atom stereocenters. The molecule has 0 spiro atoms. The van der Waals surface area contributed by atoms with E-state index >= 15 is 0 Å². The fraction of sp³-hybridized carbons (Fsp3) is 0.0909. The van der Waals surface area contributed by atoms with Crippen LogP contribution in [0.1, 0.15) is 10.5 Å². The van der Waals surface area contributed by atoms with Crippen LogP contribution in [0.5, 0.6) is 0 Å². The molecular formula is C11H11N5O2. The average molecular weight is 245 g/mol. The standard InChI is InChI=1S/C11H11N5O2/c12-10(17)7-13-11(18)9-6-14-16(15-9)8-4-2-1-3-5-8/h1-6H,7H2,(H2,12,17)(H,13,18). The highest BCUT2D eigenvalue weighted by atomic mass is 16.2. The maximum atomic E-state index is 11.6. The van der Waals surface area contributed by atoms with Crippen molar-refractivity contribution in [2.45, 2.75) is 0 Å². The molecule has 2 rings (SSSR count). The second kappa shape index (κ2) is 5.09. The van der Waals surface area contributed by atoms with Crippen LogP contribution in [0.2, 0.25) is 0 Å². The Labute approximate surface area is 103 Å². The summed E-state index contributed by atoms with van der Waals surface area (Å²) in [5, 5.41) is 10.3. The highest BCUT2D eigenvalue weighted by Crippen LogP contribution is 2.03. The van der Waals surface area contributed by atoms with Crippen LogP contribution in [-0.2, 0) is 4.79 Å². The summed E-state index contributed by atoms with van der Waals surface area (Å²) in [6.45, 7) is -0.225. The van der Waals surface area contributed by atoms with E-state index in [4.69, 9.17) is 5.73 Å². The summed E-state index contributed by atoms with van der Waals surface area (Å²) in [6.07, 6.45) is 1.32. The molecule has 0 saturated carbocycles. The Morgan fingerprint density at radius 1 is 1.28 bits per heavy atom. The molecule has 0 unspecified atom stereocenters. The van der Waals surface area contributed by atoms with Crippen LogP contribution >= 0.6 is 0 Å². The quantitative estimate of drug-likeness (QED) is 0.756. The summed E-state index contributed by atoms with van der Waals surface area (Å²) in [6, 6.07) is 9.17. The molecule has 0 saturated heterocycles. The van der Waals surface area contributed by atoms with Crippen molar-refractivity contribution in [1.29, 1.82) is 0 Å². The van der Waals surface area contributed by atoms with E-state index in [-0.39, 0.29) is 12.2 Å². The van der Waals surface area contributed by atoms with Gasteiger partial charge in [0.15, 0.2) is 5.69 Å². The molecule has 0 aliphatic rings. The van der Waals surface area contributed by atoms with E-state index in [0.29, 0.717) is 0 Å². The van der Waals surface area contributed by atoms with E-state index in [0.717, 1.165) is 5.69 Å². The fourth-order valence-corrected chi connectivity index (χ4v) is 1.31. The largest absolute Gasteiger partial charge is 0.368 e. The van der Waals surface area contributed by atoms with Gasteiger partial charge in [-0.2, -0.15) is 9.90 Å².